The molecule has 0 bridgehead atoms. The first-order chi connectivity index (χ1) is 14.5. The molecule has 0 spiro atoms. The zero-order valence-electron chi connectivity index (χ0n) is 17.6. The van der Waals surface area contributed by atoms with Gasteiger partial charge in [-0.3, -0.25) is 4.68 Å². The molecule has 10 heteroatoms. The summed E-state index contributed by atoms with van der Waals surface area (Å²) in [7, 11) is 1.90. The number of rotatable bonds is 3. The van der Waals surface area contributed by atoms with E-state index in [0.29, 0.717) is 0 Å². The summed E-state index contributed by atoms with van der Waals surface area (Å²) in [6.45, 7) is 9.34. The van der Waals surface area contributed by atoms with Crippen molar-refractivity contribution in [1.82, 2.24) is 39.5 Å². The van der Waals surface area contributed by atoms with E-state index in [4.69, 9.17) is 0 Å². The van der Waals surface area contributed by atoms with Crippen LogP contribution in [0, 0.1) is 20.8 Å². The number of hydrogen-bond acceptors (Lipinski definition) is 8. The lowest BCUT2D eigenvalue weighted by molar-refractivity contribution is 0.640. The zero-order valence-corrected chi connectivity index (χ0v) is 17.6. The highest BCUT2D eigenvalue weighted by Crippen LogP contribution is 2.25. The van der Waals surface area contributed by atoms with Gasteiger partial charge in [-0.05, 0) is 26.8 Å². The van der Waals surface area contributed by atoms with Crippen molar-refractivity contribution in [2.24, 2.45) is 7.05 Å². The molecule has 1 fully saturated rings. The van der Waals surface area contributed by atoms with Crippen LogP contribution in [0.25, 0.3) is 16.9 Å². The highest BCUT2D eigenvalue weighted by atomic mass is 15.3. The normalized spacial score (nSPS) is 14.7. The molecule has 4 aromatic rings. The van der Waals surface area contributed by atoms with E-state index in [1.54, 1.807) is 11.0 Å². The van der Waals surface area contributed by atoms with Crippen molar-refractivity contribution in [3.63, 3.8) is 0 Å². The maximum Gasteiger partial charge on any atom is 0.163 e. The Labute approximate surface area is 174 Å². The summed E-state index contributed by atoms with van der Waals surface area (Å²) in [5, 5.41) is 9.88. The Hall–Kier alpha value is -3.56. The Kier molecular flexibility index (Phi) is 4.34. The van der Waals surface area contributed by atoms with Gasteiger partial charge in [0.25, 0.3) is 0 Å². The SMILES string of the molecule is Cc1cc(C)n(-c2cc(N3CCN(c4ncnc5c4cnn5C)CC3)nc(C)n2)n1. The quantitative estimate of drug-likeness (QED) is 0.508. The molecule has 30 heavy (non-hydrogen) atoms. The van der Waals surface area contributed by atoms with Gasteiger partial charge in [0.05, 0.1) is 17.3 Å². The fraction of sp³-hybridized carbons (Fsp3) is 0.400. The molecule has 0 aromatic carbocycles. The molecule has 1 saturated heterocycles. The van der Waals surface area contributed by atoms with Gasteiger partial charge in [0, 0.05) is 45.0 Å². The Morgan fingerprint density at radius 1 is 0.867 bits per heavy atom. The molecular formula is C20H24N10. The van der Waals surface area contributed by atoms with Crippen molar-refractivity contribution in [2.45, 2.75) is 20.8 Å². The third-order valence-electron chi connectivity index (χ3n) is 5.45. The number of fused-ring (bicyclic) bond motifs is 1. The largest absolute Gasteiger partial charge is 0.353 e. The van der Waals surface area contributed by atoms with E-state index in [9.17, 15) is 0 Å². The molecule has 0 saturated carbocycles. The summed E-state index contributed by atoms with van der Waals surface area (Å²) in [6.07, 6.45) is 3.45. The second-order valence-electron chi connectivity index (χ2n) is 7.65. The van der Waals surface area contributed by atoms with E-state index in [1.165, 1.54) is 0 Å². The highest BCUT2D eigenvalue weighted by molar-refractivity contribution is 5.86. The van der Waals surface area contributed by atoms with Crippen molar-refractivity contribution in [1.29, 1.82) is 0 Å². The van der Waals surface area contributed by atoms with Crippen molar-refractivity contribution >= 4 is 22.7 Å². The summed E-state index contributed by atoms with van der Waals surface area (Å²) in [5.41, 5.74) is 2.89. The van der Waals surface area contributed by atoms with Gasteiger partial charge < -0.3 is 9.80 Å². The van der Waals surface area contributed by atoms with Crippen LogP contribution >= 0.6 is 0 Å². The number of piperazine rings is 1. The van der Waals surface area contributed by atoms with Crippen LogP contribution < -0.4 is 9.80 Å². The standard InChI is InChI=1S/C20H24N10/c1-13-9-14(2)30(26-13)18-10-17(24-15(3)25-18)28-5-7-29(8-6-28)20-16-11-23-27(4)19(16)21-12-22-20/h9-12H,5-8H2,1-4H3. The molecule has 1 aliphatic heterocycles. The van der Waals surface area contributed by atoms with Crippen LogP contribution in [0.5, 0.6) is 0 Å². The molecule has 1 aliphatic rings. The van der Waals surface area contributed by atoms with Gasteiger partial charge in [-0.15, -0.1) is 0 Å². The zero-order chi connectivity index (χ0) is 20.8. The van der Waals surface area contributed by atoms with Crippen LogP contribution in [-0.2, 0) is 7.05 Å². The third kappa shape index (κ3) is 3.14. The second-order valence-corrected chi connectivity index (χ2v) is 7.65. The molecule has 0 unspecified atom stereocenters. The monoisotopic (exact) mass is 404 g/mol. The number of aromatic nitrogens is 8. The summed E-state index contributed by atoms with van der Waals surface area (Å²) in [6, 6.07) is 4.07. The molecular weight excluding hydrogens is 380 g/mol. The number of anilines is 2. The first-order valence-electron chi connectivity index (χ1n) is 10.0. The first-order valence-corrected chi connectivity index (χ1v) is 10.0. The molecule has 10 nitrogen and oxygen atoms in total. The molecule has 154 valence electrons. The average molecular weight is 404 g/mol. The van der Waals surface area contributed by atoms with Gasteiger partial charge in [-0.2, -0.15) is 10.2 Å². The average Bonchev–Trinajstić information content (AvgIpc) is 3.29. The fourth-order valence-corrected chi connectivity index (χ4v) is 4.02. The molecule has 0 amide bonds. The topological polar surface area (TPSA) is 93.7 Å². The van der Waals surface area contributed by atoms with Crippen molar-refractivity contribution in [2.75, 3.05) is 36.0 Å². The smallest absolute Gasteiger partial charge is 0.163 e. The van der Waals surface area contributed by atoms with E-state index >= 15 is 0 Å². The van der Waals surface area contributed by atoms with Crippen LogP contribution in [0.2, 0.25) is 0 Å². The Morgan fingerprint density at radius 2 is 1.60 bits per heavy atom. The molecule has 4 aromatic heterocycles. The number of hydrogen-bond donors (Lipinski definition) is 0. The van der Waals surface area contributed by atoms with Crippen molar-refractivity contribution in [3.8, 4) is 5.82 Å². The van der Waals surface area contributed by atoms with Gasteiger partial charge in [0.2, 0.25) is 0 Å². The lowest BCUT2D eigenvalue weighted by atomic mass is 10.2. The van der Waals surface area contributed by atoms with Crippen LogP contribution in [-0.4, -0.2) is 65.7 Å². The molecule has 0 N–H and O–H groups in total. The molecule has 5 rings (SSSR count). The van der Waals surface area contributed by atoms with Gasteiger partial charge in [-0.25, -0.2) is 24.6 Å². The Morgan fingerprint density at radius 3 is 2.33 bits per heavy atom. The van der Waals surface area contributed by atoms with Gasteiger partial charge >= 0.3 is 0 Å². The molecule has 0 radical (unpaired) electrons. The van der Waals surface area contributed by atoms with E-state index in [2.05, 4.69) is 46.0 Å². The first kappa shape index (κ1) is 18.5. The highest BCUT2D eigenvalue weighted by Gasteiger charge is 2.22. The summed E-state index contributed by atoms with van der Waals surface area (Å²) in [5.74, 6) is 3.41. The molecule has 0 aliphatic carbocycles. The summed E-state index contributed by atoms with van der Waals surface area (Å²) < 4.78 is 3.66. The lowest BCUT2D eigenvalue weighted by Gasteiger charge is -2.36. The van der Waals surface area contributed by atoms with Crippen molar-refractivity contribution < 1.29 is 0 Å². The van der Waals surface area contributed by atoms with Crippen LogP contribution in [0.4, 0.5) is 11.6 Å². The van der Waals surface area contributed by atoms with Crippen LogP contribution in [0.15, 0.2) is 24.7 Å². The number of nitrogens with zero attached hydrogens (tertiary/aromatic N) is 10. The minimum absolute atomic E-state index is 0.741. The van der Waals surface area contributed by atoms with Crippen LogP contribution in [0.1, 0.15) is 17.2 Å². The lowest BCUT2D eigenvalue weighted by Crippen LogP contribution is -2.47. The van der Waals surface area contributed by atoms with Crippen molar-refractivity contribution in [3.05, 3.63) is 41.9 Å². The van der Waals surface area contributed by atoms with E-state index in [1.807, 2.05) is 44.8 Å². The van der Waals surface area contributed by atoms with E-state index < -0.39 is 0 Å². The Bertz CT molecular complexity index is 1220. The predicted molar refractivity (Wildman–Crippen MR) is 114 cm³/mol. The van der Waals surface area contributed by atoms with E-state index in [0.717, 1.165) is 71.9 Å². The minimum Gasteiger partial charge on any atom is -0.353 e. The predicted octanol–water partition coefficient (Wildman–Crippen LogP) is 1.59. The maximum atomic E-state index is 4.69. The maximum absolute atomic E-state index is 4.69. The third-order valence-corrected chi connectivity index (χ3v) is 5.45. The molecule has 5 heterocycles. The van der Waals surface area contributed by atoms with Gasteiger partial charge in [-0.1, -0.05) is 0 Å². The van der Waals surface area contributed by atoms with E-state index in [-0.39, 0.29) is 0 Å². The number of aryl methyl sites for hydroxylation is 4. The minimum atomic E-state index is 0.741. The summed E-state index contributed by atoms with van der Waals surface area (Å²) >= 11 is 0. The fourth-order valence-electron chi connectivity index (χ4n) is 4.02. The summed E-state index contributed by atoms with van der Waals surface area (Å²) in [4.78, 5) is 22.7. The molecule has 0 atom stereocenters. The van der Waals surface area contributed by atoms with Crippen LogP contribution in [0.3, 0.4) is 0 Å². The second kappa shape index (κ2) is 7.05. The van der Waals surface area contributed by atoms with Gasteiger partial charge in [0.15, 0.2) is 11.5 Å². The van der Waals surface area contributed by atoms with Gasteiger partial charge in [0.1, 0.15) is 23.8 Å². The Balaban J connectivity index is 1.38.